The first-order valence-electron chi connectivity index (χ1n) is 44.5. The lowest BCUT2D eigenvalue weighted by molar-refractivity contribution is -0.746. The zero-order valence-corrected chi connectivity index (χ0v) is 82.6. The lowest BCUT2D eigenvalue weighted by Crippen LogP contribution is -2.49. The number of H-pyrrole nitrogens is 2. The van der Waals surface area contributed by atoms with E-state index in [1.165, 1.54) is 45.0 Å². The number of anilines is 4. The van der Waals surface area contributed by atoms with E-state index in [9.17, 15) is 103 Å². The Bertz CT molecular complexity index is 7350. The van der Waals surface area contributed by atoms with E-state index in [1.807, 2.05) is 61.8 Å². The standard InChI is InChI=1S/2C41H52N10O17P2S/c1-5-49-12-6-8-22-14-25-29(16-27(22)49)65-30-17-28-24(15-26(30)45-25)23(20-71(61,62)63)18-41(2,3)51(28)13-7-9-32(52)43-10-11-44-40(55)67-35-31(19-64-70(59,60)68-69(56,57)58)66-38(34(35)53)50-21-48(4)33-36(50)46-39(42)47-37(33)54;1-5-49-12-6-8-22-14-25-29(16-27(22)49)65-30-17-28-24(15-26(30)45-25)23(20-71(61,62)63)18-41(2,3)51(28)13-7-9-32(52)43-10-11-44-40(55)67-35-34(53)31(19-64-70(59,60)68-69(56,57)58)66-38(35)50-21-48(4)33-36(50)46-39(42)47-37(33)54/h2*14-18,21,31,34-35,38,53H,5-13,19-20H2,1-4H3,(H7-2,42,43,44,46,47,52,54,55,56,57,58,59,60,61,62,63)/t2*31-,34-,35-,38-/m11/s1. The number of hydrogen-bond donors (Lipinski definition) is 14. The van der Waals surface area contributed by atoms with Crippen LogP contribution in [0.4, 0.5) is 44.2 Å². The number of rotatable bonds is 34. The Balaban J connectivity index is 0.000000214. The van der Waals surface area contributed by atoms with Crippen LogP contribution in [0.25, 0.3) is 33.5 Å². The summed E-state index contributed by atoms with van der Waals surface area (Å²) in [6.07, 6.45) is -4.99. The number of aromatic amines is 2. The first kappa shape index (κ1) is 105. The van der Waals surface area contributed by atoms with Crippen LogP contribution in [0, 0.1) is 0 Å². The van der Waals surface area contributed by atoms with Gasteiger partial charge in [-0.05, 0) is 103 Å². The molecule has 16 rings (SSSR count). The highest BCUT2D eigenvalue weighted by molar-refractivity contribution is 7.86. The smallest absolute Gasteiger partial charge is 0.478 e. The summed E-state index contributed by atoms with van der Waals surface area (Å²) >= 11 is 0. The van der Waals surface area contributed by atoms with Crippen molar-refractivity contribution < 1.29 is 158 Å². The number of aryl methyl sites for hydroxylation is 4. The lowest BCUT2D eigenvalue weighted by Gasteiger charge is -2.44. The van der Waals surface area contributed by atoms with Crippen LogP contribution >= 0.6 is 31.3 Å². The third kappa shape index (κ3) is 24.2. The molecular weight excluding hydrogens is 2000 g/mol. The van der Waals surface area contributed by atoms with Gasteiger partial charge in [0.2, 0.25) is 46.0 Å². The predicted molar refractivity (Wildman–Crippen MR) is 491 cm³/mol. The highest BCUT2D eigenvalue weighted by atomic mass is 32.2. The van der Waals surface area contributed by atoms with Crippen LogP contribution < -0.4 is 113 Å². The van der Waals surface area contributed by atoms with Gasteiger partial charge in [-0.1, -0.05) is 22.1 Å². The number of nitrogens with two attached hydrogens (primary N) is 2. The Morgan fingerprint density at radius 1 is 0.570 bits per heavy atom. The minimum atomic E-state index is -5.77. The van der Waals surface area contributed by atoms with Crippen LogP contribution in [-0.2, 0) is 112 Å². The van der Waals surface area contributed by atoms with Crippen LogP contribution in [0.2, 0.25) is 0 Å². The molecule has 12 heterocycles. The molecule has 4 unspecified atom stereocenters. The number of imidazole rings is 2. The van der Waals surface area contributed by atoms with Crippen molar-refractivity contribution in [2.45, 2.75) is 153 Å². The van der Waals surface area contributed by atoms with Crippen LogP contribution in [0.5, 0.6) is 23.0 Å². The molecule has 0 saturated carbocycles. The SMILES string of the molecule is CC[N+]1=c2cc3c(cc2CCC1)=Nc1cc2c(cc1O3)N(CCCC(=O)NCCNC(=O)O[C@@H]1[C@H](O)[C@@H](COP(=O)(O)OP(=O)([O-])O)O[C@H]1[n+]1cn(C)c3c(=O)[nH]c(N)nc31)C(C)(C)C=C2CS(=O)(=O)[O-].CC[N+]1=c2cc3c(cc2CCC1)=Nc1cc2c(cc1O3)N(CCCC(=O)NCCNC(=O)O[C@H]1[C@@H](O)[C@H]([n+]3cn(C)c4c(=O)[nH]c(N)nc43)O[C@@H]1COP(=O)(O)OP(=O)([O-])O)C(C)(C)C=C2CS(=O)(=O)[O-]. The van der Waals surface area contributed by atoms with E-state index < -0.39 is 166 Å². The summed E-state index contributed by atoms with van der Waals surface area (Å²) in [5, 5.41) is 36.3. The van der Waals surface area contributed by atoms with Crippen molar-refractivity contribution in [2.24, 2.45) is 24.1 Å². The van der Waals surface area contributed by atoms with Crippen LogP contribution in [0.1, 0.15) is 115 Å². The molecule has 2 fully saturated rings. The Hall–Kier alpha value is -11.3. The number of ether oxygens (including phenoxy) is 6. The summed E-state index contributed by atoms with van der Waals surface area (Å²) in [5.41, 5.74) is 14.4. The summed E-state index contributed by atoms with van der Waals surface area (Å²) in [6.45, 7) is 13.1. The molecule has 8 aliphatic rings. The average Bonchev–Trinajstić information content (AvgIpc) is 1.21. The largest absolute Gasteiger partial charge is 0.756 e. The number of hydrogen-bond acceptors (Lipinski definition) is 38. The molecule has 4 aromatic carbocycles. The van der Waals surface area contributed by atoms with Gasteiger partial charge in [0.05, 0.1) is 82.3 Å². The highest BCUT2D eigenvalue weighted by Gasteiger charge is 2.54. The van der Waals surface area contributed by atoms with Crippen molar-refractivity contribution in [3.05, 3.63) is 138 Å². The number of amides is 4. The van der Waals surface area contributed by atoms with Crippen LogP contribution in [0.15, 0.2) is 92.9 Å². The summed E-state index contributed by atoms with van der Waals surface area (Å²) in [4.78, 5) is 164. The zero-order valence-electron chi connectivity index (χ0n) is 77.3. The number of nitrogens with one attached hydrogen (secondary N) is 6. The third-order valence-electron chi connectivity index (χ3n) is 24.4. The van der Waals surface area contributed by atoms with Gasteiger partial charge in [0.15, 0.2) is 54.0 Å². The number of phosphoric ester groups is 2. The molecule has 60 heteroatoms. The number of carbonyl (C=O) groups excluding carboxylic acids is 4. The lowest BCUT2D eigenvalue weighted by atomic mass is 9.88. The summed E-state index contributed by atoms with van der Waals surface area (Å²) in [5.74, 6) is -0.809. The Labute approximate surface area is 806 Å². The maximum atomic E-state index is 13.1. The van der Waals surface area contributed by atoms with E-state index in [4.69, 9.17) is 59.7 Å². The van der Waals surface area contributed by atoms with Gasteiger partial charge in [-0.25, -0.2) is 72.4 Å². The molecule has 4 aromatic heterocycles. The van der Waals surface area contributed by atoms with E-state index in [2.05, 4.69) is 81.9 Å². The van der Waals surface area contributed by atoms with E-state index >= 15 is 0 Å². The maximum absolute atomic E-state index is 13.1. The van der Waals surface area contributed by atoms with Gasteiger partial charge in [-0.15, -0.1) is 0 Å². The van der Waals surface area contributed by atoms with E-state index in [0.717, 1.165) is 73.7 Å². The fraction of sp³-hybridized carbons (Fsp3) is 0.488. The minimum Gasteiger partial charge on any atom is -0.756 e. The minimum absolute atomic E-state index is 0.00424. The Kier molecular flexibility index (Phi) is 30.4. The summed E-state index contributed by atoms with van der Waals surface area (Å²) in [7, 11) is -28.9. The van der Waals surface area contributed by atoms with Gasteiger partial charge < -0.3 is 120 Å². The molecule has 0 radical (unpaired) electrons. The quantitative estimate of drug-likeness (QED) is 0.00853. The molecule has 142 heavy (non-hydrogen) atoms. The number of alkyl carbamates (subject to hydrolysis) is 2. The van der Waals surface area contributed by atoms with Crippen LogP contribution in [0.3, 0.4) is 0 Å². The zero-order chi connectivity index (χ0) is 103. The number of nitrogen functional groups attached to an aromatic ring is 2. The monoisotopic (exact) mass is 2100 g/mol. The maximum Gasteiger partial charge on any atom is 0.478 e. The number of benzene rings is 4. The van der Waals surface area contributed by atoms with Gasteiger partial charge >= 0.3 is 39.1 Å². The topological polar surface area (TPSA) is 757 Å². The van der Waals surface area contributed by atoms with Gasteiger partial charge in [-0.2, -0.15) is 0 Å². The molecule has 2 saturated heterocycles. The molecule has 54 nitrogen and oxygen atoms in total. The van der Waals surface area contributed by atoms with Crippen molar-refractivity contribution in [1.82, 2.24) is 59.5 Å². The Morgan fingerprint density at radius 2 is 0.972 bits per heavy atom. The molecule has 0 aliphatic carbocycles. The van der Waals surface area contributed by atoms with E-state index in [0.29, 0.717) is 105 Å². The van der Waals surface area contributed by atoms with Crippen molar-refractivity contribution in [3.63, 3.8) is 0 Å². The Morgan fingerprint density at radius 3 is 1.39 bits per heavy atom. The van der Waals surface area contributed by atoms with Gasteiger partial charge in [0, 0.05) is 111 Å². The highest BCUT2D eigenvalue weighted by Crippen LogP contribution is 2.58. The molecule has 0 spiro atoms. The molecule has 4 amide bonds. The van der Waals surface area contributed by atoms with Crippen LogP contribution in [-0.4, -0.2) is 247 Å². The van der Waals surface area contributed by atoms with Crippen molar-refractivity contribution >= 4 is 144 Å². The second-order valence-corrected chi connectivity index (χ2v) is 43.9. The van der Waals surface area contributed by atoms with Gasteiger partial charge in [0.25, 0.3) is 38.7 Å². The van der Waals surface area contributed by atoms with Crippen molar-refractivity contribution in [1.29, 1.82) is 0 Å². The van der Waals surface area contributed by atoms with Crippen molar-refractivity contribution in [3.8, 4) is 23.0 Å². The number of aliphatic hydroxyl groups is 2. The molecule has 768 valence electrons. The molecule has 0 bridgehead atoms. The van der Waals surface area contributed by atoms with Gasteiger partial charge in [-0.3, -0.25) is 56.5 Å². The number of aliphatic hydroxyl groups excluding tert-OH is 2. The molecule has 8 aromatic rings. The molecular formula is C82H104N20O34P4S2. The van der Waals surface area contributed by atoms with E-state index in [1.54, 1.807) is 36.4 Å². The molecule has 16 N–H and O–H groups in total. The van der Waals surface area contributed by atoms with E-state index in [-0.39, 0.29) is 79.2 Å². The fourth-order valence-corrected chi connectivity index (χ4v) is 22.9. The van der Waals surface area contributed by atoms with Crippen molar-refractivity contribution in [2.75, 3.05) is 111 Å². The normalized spacial score (nSPS) is 21.8. The number of aromatic nitrogens is 8. The number of nitrogens with zero attached hydrogens (tertiary/aromatic N) is 12. The molecule has 8 aliphatic heterocycles. The second-order valence-electron chi connectivity index (χ2n) is 35.5. The number of phosphoric acid groups is 4. The average molecular weight is 2100 g/mol. The molecule has 12 atom stereocenters. The fourth-order valence-electron chi connectivity index (χ4n) is 18.5. The predicted octanol–water partition coefficient (Wildman–Crippen LogP) is -2.57. The summed E-state index contributed by atoms with van der Waals surface area (Å²) in [6, 6.07) is 15.0. The number of carbonyl (C=O) groups is 4. The summed E-state index contributed by atoms with van der Waals surface area (Å²) < 4.78 is 181. The number of fused-ring (bicyclic) bond motifs is 10. The first-order chi connectivity index (χ1) is 66.6. The third-order valence-corrected chi connectivity index (χ3v) is 30.0. The first-order valence-corrected chi connectivity index (χ1v) is 53.6. The second kappa shape index (κ2) is 41.1. The van der Waals surface area contributed by atoms with Gasteiger partial charge in [0.1, 0.15) is 66.6 Å².